The number of thioether (sulfide) groups is 1. The molecule has 0 aliphatic heterocycles. The first-order valence-electron chi connectivity index (χ1n) is 21.1. The van der Waals surface area contributed by atoms with E-state index in [1.807, 2.05) is 42.5 Å². The number of fused-ring (bicyclic) bond motifs is 6. The molecule has 54 heavy (non-hydrogen) atoms. The molecule has 3 saturated carbocycles. The van der Waals surface area contributed by atoms with Gasteiger partial charge in [-0.25, -0.2) is 4.98 Å². The molecule has 0 amide bonds. The molecule has 1 heterocycles. The van der Waals surface area contributed by atoms with Crippen LogP contribution in [0.3, 0.4) is 0 Å². The van der Waals surface area contributed by atoms with Crippen LogP contribution >= 0.6 is 11.8 Å². The summed E-state index contributed by atoms with van der Waals surface area (Å²) in [6.45, 7) is 14.9. The molecule has 290 valence electrons. The van der Waals surface area contributed by atoms with Gasteiger partial charge in [0.05, 0.1) is 23.0 Å². The quantitative estimate of drug-likeness (QED) is 0.0794. The Bertz CT molecular complexity index is 1920. The van der Waals surface area contributed by atoms with Crippen LogP contribution in [0.4, 0.5) is 0 Å². The summed E-state index contributed by atoms with van der Waals surface area (Å²) in [5.74, 6) is 5.28. The molecule has 0 N–H and O–H groups in total. The molecule has 0 unspecified atom stereocenters. The zero-order valence-electron chi connectivity index (χ0n) is 33.5. The SMILES string of the molecule is CC[C@H](CC[C@@H](C)[C@H]1CC[C@H]2[C@@H]3CC=C4C[C@@H](OC(=O)CCC(=O)Sc5nc6ccccc6c(=O)n5-c5ccccc5)CC[C@]4(C)[C@H]3CC[C@]12C)C(C)C. The third kappa shape index (κ3) is 7.52. The molecule has 3 aromatic rings. The van der Waals surface area contributed by atoms with E-state index in [-0.39, 0.29) is 41.0 Å². The number of allylic oxidation sites excluding steroid dienone is 1. The topological polar surface area (TPSA) is 78.3 Å². The zero-order chi connectivity index (χ0) is 38.2. The average Bonchev–Trinajstić information content (AvgIpc) is 3.52. The van der Waals surface area contributed by atoms with E-state index in [2.05, 4.69) is 52.6 Å². The molecule has 9 atom stereocenters. The molecular weight excluding hydrogens is 689 g/mol. The second kappa shape index (κ2) is 16.1. The van der Waals surface area contributed by atoms with Crippen molar-refractivity contribution in [2.24, 2.45) is 52.3 Å². The molecule has 0 bridgehead atoms. The Morgan fingerprint density at radius 1 is 0.926 bits per heavy atom. The summed E-state index contributed by atoms with van der Waals surface area (Å²) in [4.78, 5) is 44.6. The van der Waals surface area contributed by atoms with E-state index < -0.39 is 0 Å². The van der Waals surface area contributed by atoms with E-state index in [4.69, 9.17) is 4.74 Å². The zero-order valence-corrected chi connectivity index (χ0v) is 34.3. The minimum Gasteiger partial charge on any atom is -0.462 e. The van der Waals surface area contributed by atoms with Gasteiger partial charge in [0.25, 0.3) is 5.56 Å². The van der Waals surface area contributed by atoms with E-state index >= 15 is 0 Å². The molecule has 3 fully saturated rings. The Morgan fingerprint density at radius 3 is 2.44 bits per heavy atom. The largest absolute Gasteiger partial charge is 0.462 e. The second-order valence-corrected chi connectivity index (χ2v) is 19.2. The molecular formula is C47H62N2O4S. The molecule has 6 nitrogen and oxygen atoms in total. The molecule has 1 aromatic heterocycles. The van der Waals surface area contributed by atoms with Crippen LogP contribution < -0.4 is 5.56 Å². The van der Waals surface area contributed by atoms with E-state index in [9.17, 15) is 14.4 Å². The fourth-order valence-corrected chi connectivity index (χ4v) is 12.8. The number of nitrogens with zero attached hydrogens (tertiary/aromatic N) is 2. The minimum absolute atomic E-state index is 0.0168. The summed E-state index contributed by atoms with van der Waals surface area (Å²) in [5.41, 5.74) is 3.12. The summed E-state index contributed by atoms with van der Waals surface area (Å²) in [6.07, 6.45) is 15.9. The maximum Gasteiger partial charge on any atom is 0.306 e. The van der Waals surface area contributed by atoms with Crippen LogP contribution in [0.1, 0.15) is 125 Å². The van der Waals surface area contributed by atoms with Crippen molar-refractivity contribution in [3.63, 3.8) is 0 Å². The molecule has 7 heteroatoms. The summed E-state index contributed by atoms with van der Waals surface area (Å²) < 4.78 is 7.55. The number of carbonyl (C=O) groups excluding carboxylic acids is 2. The van der Waals surface area contributed by atoms with Crippen molar-refractivity contribution in [1.82, 2.24) is 9.55 Å². The summed E-state index contributed by atoms with van der Waals surface area (Å²) in [6, 6.07) is 16.4. The fourth-order valence-electron chi connectivity index (χ4n) is 12.0. The molecule has 0 radical (unpaired) electrons. The van der Waals surface area contributed by atoms with Gasteiger partial charge in [-0.1, -0.05) is 96.4 Å². The summed E-state index contributed by atoms with van der Waals surface area (Å²) in [7, 11) is 0. The van der Waals surface area contributed by atoms with E-state index in [0.717, 1.165) is 72.4 Å². The van der Waals surface area contributed by atoms with E-state index in [1.165, 1.54) is 61.5 Å². The molecule has 4 aliphatic carbocycles. The molecule has 2 aromatic carbocycles. The van der Waals surface area contributed by atoms with Crippen LogP contribution in [-0.4, -0.2) is 26.7 Å². The summed E-state index contributed by atoms with van der Waals surface area (Å²) >= 11 is 0.916. The van der Waals surface area contributed by atoms with Gasteiger partial charge in [0, 0.05) is 12.8 Å². The van der Waals surface area contributed by atoms with Gasteiger partial charge in [-0.05, 0) is 140 Å². The van der Waals surface area contributed by atoms with Gasteiger partial charge < -0.3 is 4.74 Å². The highest BCUT2D eigenvalue weighted by Gasteiger charge is 2.59. The van der Waals surface area contributed by atoms with Gasteiger partial charge in [0.2, 0.25) is 0 Å². The third-order valence-electron chi connectivity index (χ3n) is 15.1. The molecule has 0 spiro atoms. The van der Waals surface area contributed by atoms with Gasteiger partial charge in [0.15, 0.2) is 10.3 Å². The van der Waals surface area contributed by atoms with Crippen LogP contribution in [0.15, 0.2) is 76.2 Å². The lowest BCUT2D eigenvalue weighted by Crippen LogP contribution is -2.51. The minimum atomic E-state index is -0.322. The lowest BCUT2D eigenvalue weighted by Gasteiger charge is -2.58. The highest BCUT2D eigenvalue weighted by molar-refractivity contribution is 8.13. The van der Waals surface area contributed by atoms with Gasteiger partial charge in [-0.15, -0.1) is 0 Å². The Balaban J connectivity index is 0.947. The number of carbonyl (C=O) groups is 2. The smallest absolute Gasteiger partial charge is 0.306 e. The monoisotopic (exact) mass is 750 g/mol. The van der Waals surface area contributed by atoms with Crippen LogP contribution in [0.2, 0.25) is 0 Å². The Morgan fingerprint density at radius 2 is 1.69 bits per heavy atom. The number of rotatable bonds is 12. The van der Waals surface area contributed by atoms with Gasteiger partial charge in [0.1, 0.15) is 6.10 Å². The highest BCUT2D eigenvalue weighted by Crippen LogP contribution is 2.67. The van der Waals surface area contributed by atoms with Gasteiger partial charge >= 0.3 is 5.97 Å². The van der Waals surface area contributed by atoms with Gasteiger partial charge in [-0.3, -0.25) is 19.0 Å². The number of para-hydroxylation sites is 2. The Labute approximate surface area is 327 Å². The van der Waals surface area contributed by atoms with Crippen molar-refractivity contribution in [1.29, 1.82) is 0 Å². The molecule has 4 aliphatic rings. The van der Waals surface area contributed by atoms with Crippen LogP contribution in [0, 0.1) is 52.3 Å². The maximum absolute atomic E-state index is 13.5. The maximum atomic E-state index is 13.5. The number of aromatic nitrogens is 2. The first-order valence-corrected chi connectivity index (χ1v) is 21.9. The Kier molecular flexibility index (Phi) is 11.7. The lowest BCUT2D eigenvalue weighted by molar-refractivity contribution is -0.152. The van der Waals surface area contributed by atoms with Crippen LogP contribution in [0.25, 0.3) is 16.6 Å². The molecule has 0 saturated heterocycles. The third-order valence-corrected chi connectivity index (χ3v) is 16.0. The summed E-state index contributed by atoms with van der Waals surface area (Å²) in [5, 5.41) is 0.574. The average molecular weight is 751 g/mol. The predicted octanol–water partition coefficient (Wildman–Crippen LogP) is 11.4. The number of hydrogen-bond donors (Lipinski definition) is 0. The number of hydrogen-bond acceptors (Lipinski definition) is 6. The van der Waals surface area contributed by atoms with Crippen molar-refractivity contribution in [3.8, 4) is 5.69 Å². The predicted molar refractivity (Wildman–Crippen MR) is 220 cm³/mol. The Hall–Kier alpha value is -3.19. The lowest BCUT2D eigenvalue weighted by atomic mass is 9.47. The van der Waals surface area contributed by atoms with Crippen molar-refractivity contribution in [2.45, 2.75) is 136 Å². The van der Waals surface area contributed by atoms with Crippen LogP contribution in [0.5, 0.6) is 0 Å². The van der Waals surface area contributed by atoms with Gasteiger partial charge in [-0.2, -0.15) is 0 Å². The van der Waals surface area contributed by atoms with Crippen molar-refractivity contribution in [2.75, 3.05) is 0 Å². The fraction of sp³-hybridized carbons (Fsp3) is 0.617. The van der Waals surface area contributed by atoms with Crippen LogP contribution in [-0.2, 0) is 14.3 Å². The van der Waals surface area contributed by atoms with Crippen molar-refractivity contribution in [3.05, 3.63) is 76.6 Å². The van der Waals surface area contributed by atoms with Crippen molar-refractivity contribution >= 4 is 33.7 Å². The number of ether oxygens (including phenoxy) is 1. The molecule has 7 rings (SSSR count). The van der Waals surface area contributed by atoms with E-state index in [1.54, 1.807) is 12.1 Å². The normalized spacial score (nSPS) is 30.2. The van der Waals surface area contributed by atoms with E-state index in [0.29, 0.717) is 27.2 Å². The standard InChI is InChI=1S/C47H62N2O4S/c1-7-32(30(2)3)18-17-31(4)38-21-22-39-36-20-19-33-29-35(25-27-46(33,5)40(36)26-28-47(38,39)6)53-42(50)23-24-43(51)54-45-48-41-16-12-11-15-37(41)44(52)49(45)34-13-9-8-10-14-34/h8-16,19,30-32,35-36,38-40H,7,17-18,20-29H2,1-6H3/t31-,32-,35+,36+,38-,39+,40+,46+,47-/m1/s1. The first-order chi connectivity index (χ1) is 25.9. The number of esters is 1. The second-order valence-electron chi connectivity index (χ2n) is 18.2. The number of benzene rings is 2. The van der Waals surface area contributed by atoms with Crippen molar-refractivity contribution < 1.29 is 14.3 Å². The first kappa shape index (κ1) is 39.1. The highest BCUT2D eigenvalue weighted by atomic mass is 32.2.